The number of aromatic hydroxyl groups is 1. The SMILES string of the molecule is CC(C)(C)c1cc(-c2cc(-c3ccc(C(C)(C)c4ccccc4)cc3)ccn2)[c-]c(-c2cccc3oc(-c4cc(C(C)(C)C)cc(C(C)(C)C)c4O)nc23)c1.[Pt]. The Bertz CT molecular complexity index is 2510. The largest absolute Gasteiger partial charge is 0.507 e. The molecular weight excluding hydrogens is 868 g/mol. The number of phenolic OH excluding ortho intramolecular Hbond substituents is 1. The predicted octanol–water partition coefficient (Wildman–Crippen LogP) is 13.6. The van der Waals surface area contributed by atoms with Crippen LogP contribution in [0.2, 0.25) is 0 Å². The van der Waals surface area contributed by atoms with Crippen LogP contribution in [0.15, 0.2) is 120 Å². The molecule has 5 heteroatoms. The first-order valence-electron chi connectivity index (χ1n) is 19.3. The number of rotatable bonds is 6. The molecule has 0 aliphatic carbocycles. The van der Waals surface area contributed by atoms with Crippen molar-refractivity contribution in [2.24, 2.45) is 0 Å². The summed E-state index contributed by atoms with van der Waals surface area (Å²) < 4.78 is 6.47. The maximum absolute atomic E-state index is 11.7. The van der Waals surface area contributed by atoms with Gasteiger partial charge in [-0.3, -0.25) is 4.98 Å². The molecule has 0 saturated carbocycles. The van der Waals surface area contributed by atoms with Crippen LogP contribution in [0.5, 0.6) is 5.75 Å². The first-order chi connectivity index (χ1) is 25.8. The van der Waals surface area contributed by atoms with Gasteiger partial charge in [0.05, 0.1) is 11.1 Å². The van der Waals surface area contributed by atoms with E-state index in [4.69, 9.17) is 14.4 Å². The van der Waals surface area contributed by atoms with E-state index in [2.05, 4.69) is 173 Å². The monoisotopic (exact) mass is 920 g/mol. The maximum atomic E-state index is 11.7. The Morgan fingerprint density at radius 3 is 1.82 bits per heavy atom. The molecule has 0 amide bonds. The second-order valence-corrected chi connectivity index (χ2v) is 18.5. The molecule has 0 radical (unpaired) electrons. The Labute approximate surface area is 347 Å². The van der Waals surface area contributed by atoms with Crippen molar-refractivity contribution in [1.82, 2.24) is 9.97 Å². The zero-order valence-electron chi connectivity index (χ0n) is 34.5. The van der Waals surface area contributed by atoms with Gasteiger partial charge in [-0.25, -0.2) is 4.98 Å². The second-order valence-electron chi connectivity index (χ2n) is 18.5. The van der Waals surface area contributed by atoms with E-state index in [9.17, 15) is 5.11 Å². The molecule has 0 saturated heterocycles. The number of fused-ring (bicyclic) bond motifs is 1. The minimum Gasteiger partial charge on any atom is -0.507 e. The quantitative estimate of drug-likeness (QED) is 0.169. The molecule has 0 aliphatic heterocycles. The Morgan fingerprint density at radius 1 is 0.554 bits per heavy atom. The summed E-state index contributed by atoms with van der Waals surface area (Å²) in [6, 6.07) is 42.1. The van der Waals surface area contributed by atoms with Gasteiger partial charge in [0.15, 0.2) is 0 Å². The Hall–Kier alpha value is -4.79. The molecule has 4 nitrogen and oxygen atoms in total. The smallest absolute Gasteiger partial charge is 0.230 e. The summed E-state index contributed by atoms with van der Waals surface area (Å²) in [4.78, 5) is 9.96. The predicted molar refractivity (Wildman–Crippen MR) is 229 cm³/mol. The molecule has 1 N–H and O–H groups in total. The molecule has 0 spiro atoms. The van der Waals surface area contributed by atoms with E-state index in [-0.39, 0.29) is 48.5 Å². The number of phenols is 1. The van der Waals surface area contributed by atoms with Gasteiger partial charge in [-0.15, -0.1) is 29.3 Å². The number of para-hydroxylation sites is 1. The Balaban J connectivity index is 0.00000532. The summed E-state index contributed by atoms with van der Waals surface area (Å²) in [5.74, 6) is 0.606. The van der Waals surface area contributed by atoms with Gasteiger partial charge in [0.2, 0.25) is 5.89 Å². The van der Waals surface area contributed by atoms with E-state index in [1.807, 2.05) is 24.4 Å². The number of hydrogen-bond donors (Lipinski definition) is 1. The van der Waals surface area contributed by atoms with Crippen molar-refractivity contribution in [3.05, 3.63) is 149 Å². The summed E-state index contributed by atoms with van der Waals surface area (Å²) >= 11 is 0. The maximum Gasteiger partial charge on any atom is 0.230 e. The molecule has 0 atom stereocenters. The van der Waals surface area contributed by atoms with Gasteiger partial charge < -0.3 is 9.52 Å². The fraction of sp³-hybridized carbons (Fsp3) is 0.294. The first kappa shape index (κ1) is 40.9. The average molecular weight is 921 g/mol. The minimum atomic E-state index is -0.274. The molecular formula is C51H53N2O2Pt-. The second kappa shape index (κ2) is 14.9. The van der Waals surface area contributed by atoms with Gasteiger partial charge in [-0.05, 0) is 62.3 Å². The first-order valence-corrected chi connectivity index (χ1v) is 19.3. The third kappa shape index (κ3) is 8.05. The molecule has 7 rings (SSSR count). The van der Waals surface area contributed by atoms with Crippen LogP contribution >= 0.6 is 0 Å². The Morgan fingerprint density at radius 2 is 1.18 bits per heavy atom. The summed E-state index contributed by atoms with van der Waals surface area (Å²) in [6.45, 7) is 24.1. The topological polar surface area (TPSA) is 59.2 Å². The fourth-order valence-electron chi connectivity index (χ4n) is 7.23. The molecule has 0 bridgehead atoms. The van der Waals surface area contributed by atoms with Crippen molar-refractivity contribution in [3.8, 4) is 50.7 Å². The normalized spacial score (nSPS) is 12.5. The van der Waals surface area contributed by atoms with Crippen molar-refractivity contribution in [1.29, 1.82) is 0 Å². The van der Waals surface area contributed by atoms with Crippen molar-refractivity contribution in [3.63, 3.8) is 0 Å². The zero-order chi connectivity index (χ0) is 39.5. The number of aromatic nitrogens is 2. The van der Waals surface area contributed by atoms with E-state index in [0.717, 1.165) is 50.2 Å². The molecule has 0 fully saturated rings. The van der Waals surface area contributed by atoms with Crippen LogP contribution in [-0.2, 0) is 42.7 Å². The van der Waals surface area contributed by atoms with Crippen LogP contribution in [0.25, 0.3) is 56.1 Å². The number of hydrogen-bond acceptors (Lipinski definition) is 4. The van der Waals surface area contributed by atoms with E-state index < -0.39 is 0 Å². The van der Waals surface area contributed by atoms with Gasteiger partial charge in [0.25, 0.3) is 0 Å². The van der Waals surface area contributed by atoms with Crippen molar-refractivity contribution in [2.75, 3.05) is 0 Å². The van der Waals surface area contributed by atoms with Gasteiger partial charge in [-0.2, -0.15) is 0 Å². The average Bonchev–Trinajstić information content (AvgIpc) is 3.58. The molecule has 0 unspecified atom stereocenters. The number of nitrogens with zero attached hydrogens (tertiary/aromatic N) is 2. The molecule has 7 aromatic rings. The summed E-state index contributed by atoms with van der Waals surface area (Å²) in [7, 11) is 0. The Kier molecular flexibility index (Phi) is 10.9. The fourth-order valence-corrected chi connectivity index (χ4v) is 7.23. The molecule has 0 aliphatic rings. The van der Waals surface area contributed by atoms with Crippen LogP contribution in [-0.4, -0.2) is 15.1 Å². The van der Waals surface area contributed by atoms with Crippen LogP contribution < -0.4 is 0 Å². The van der Waals surface area contributed by atoms with Gasteiger partial charge in [0, 0.05) is 43.9 Å². The third-order valence-corrected chi connectivity index (χ3v) is 10.9. The number of pyridine rings is 1. The van der Waals surface area contributed by atoms with E-state index in [0.29, 0.717) is 17.0 Å². The van der Waals surface area contributed by atoms with Crippen LogP contribution in [0.3, 0.4) is 0 Å². The molecule has 56 heavy (non-hydrogen) atoms. The van der Waals surface area contributed by atoms with Crippen LogP contribution in [0, 0.1) is 6.07 Å². The standard InChI is InChI=1S/C51H53N2O2.Pt/c1-48(2,3)38-27-34(40-18-15-19-44-45(40)53-47(55-44)41-30-39(49(4,5)6)31-42(46(41)54)50(7,8)9)26-35(28-38)43-29-33(24-25-52-43)32-20-22-37(23-21-32)51(10,11)36-16-13-12-14-17-36;/h12-25,27-31,54H,1-11H3;/q-1;. The number of benzene rings is 5. The summed E-state index contributed by atoms with van der Waals surface area (Å²) in [6.07, 6.45) is 1.89. The van der Waals surface area contributed by atoms with Crippen molar-refractivity contribution in [2.45, 2.75) is 97.8 Å². The van der Waals surface area contributed by atoms with E-state index in [1.165, 1.54) is 16.7 Å². The molecule has 5 aromatic carbocycles. The molecule has 290 valence electrons. The van der Waals surface area contributed by atoms with Crippen LogP contribution in [0.4, 0.5) is 0 Å². The minimum absolute atomic E-state index is 0. The van der Waals surface area contributed by atoms with Crippen LogP contribution in [0.1, 0.15) is 104 Å². The third-order valence-electron chi connectivity index (χ3n) is 10.9. The van der Waals surface area contributed by atoms with Crippen molar-refractivity contribution >= 4 is 11.1 Å². The van der Waals surface area contributed by atoms with Gasteiger partial charge >= 0.3 is 0 Å². The zero-order valence-corrected chi connectivity index (χ0v) is 36.8. The van der Waals surface area contributed by atoms with E-state index >= 15 is 0 Å². The molecule has 2 heterocycles. The summed E-state index contributed by atoms with van der Waals surface area (Å²) in [5, 5.41) is 11.7. The van der Waals surface area contributed by atoms with Crippen molar-refractivity contribution < 1.29 is 30.6 Å². The van der Waals surface area contributed by atoms with E-state index in [1.54, 1.807) is 0 Å². The summed E-state index contributed by atoms with van der Waals surface area (Å²) in [5.41, 5.74) is 12.9. The van der Waals surface area contributed by atoms with Gasteiger partial charge in [0.1, 0.15) is 11.3 Å². The molecule has 2 aromatic heterocycles. The van der Waals surface area contributed by atoms with Gasteiger partial charge in [-0.1, -0.05) is 166 Å². The number of oxazole rings is 1.